The first-order chi connectivity index (χ1) is 7.39. The van der Waals surface area contributed by atoms with E-state index in [4.69, 9.17) is 0 Å². The number of hydrogen-bond acceptors (Lipinski definition) is 1. The summed E-state index contributed by atoms with van der Waals surface area (Å²) in [6.45, 7) is 14.9. The van der Waals surface area contributed by atoms with Crippen molar-refractivity contribution in [2.24, 2.45) is 11.8 Å². The molecule has 0 rings (SSSR count). The Morgan fingerprint density at radius 1 is 1.00 bits per heavy atom. The van der Waals surface area contributed by atoms with Crippen LogP contribution in [-0.2, 0) is 0 Å². The van der Waals surface area contributed by atoms with Crippen LogP contribution in [0.5, 0.6) is 0 Å². The first kappa shape index (κ1) is 16.0. The van der Waals surface area contributed by atoms with Crippen LogP contribution < -0.4 is 5.32 Å². The van der Waals surface area contributed by atoms with Crippen molar-refractivity contribution in [3.05, 3.63) is 0 Å². The lowest BCUT2D eigenvalue weighted by Gasteiger charge is -2.27. The lowest BCUT2D eigenvalue weighted by atomic mass is 9.89. The summed E-state index contributed by atoms with van der Waals surface area (Å²) in [5.74, 6) is 1.76. The zero-order chi connectivity index (χ0) is 12.6. The van der Waals surface area contributed by atoms with Crippen molar-refractivity contribution >= 4 is 0 Å². The van der Waals surface area contributed by atoms with E-state index in [2.05, 4.69) is 46.9 Å². The summed E-state index contributed by atoms with van der Waals surface area (Å²) < 4.78 is 0. The largest absolute Gasteiger partial charge is 0.312 e. The van der Waals surface area contributed by atoms with Crippen molar-refractivity contribution in [2.75, 3.05) is 6.54 Å². The lowest BCUT2D eigenvalue weighted by Crippen LogP contribution is -2.39. The molecular weight excluding hydrogens is 194 g/mol. The minimum atomic E-state index is 0.264. The van der Waals surface area contributed by atoms with Crippen LogP contribution in [0.25, 0.3) is 0 Å². The van der Waals surface area contributed by atoms with Gasteiger partial charge in [-0.15, -0.1) is 0 Å². The number of hydrogen-bond donors (Lipinski definition) is 1. The molecule has 0 bridgehead atoms. The minimum Gasteiger partial charge on any atom is -0.312 e. The molecule has 2 atom stereocenters. The van der Waals surface area contributed by atoms with Crippen LogP contribution in [0.2, 0.25) is 0 Å². The Balaban J connectivity index is 3.96. The van der Waals surface area contributed by atoms with E-state index in [1.807, 2.05) is 0 Å². The highest BCUT2D eigenvalue weighted by atomic mass is 14.9. The molecule has 0 radical (unpaired) electrons. The van der Waals surface area contributed by atoms with Gasteiger partial charge in [-0.1, -0.05) is 40.0 Å². The van der Waals surface area contributed by atoms with Crippen LogP contribution in [-0.4, -0.2) is 12.1 Å². The van der Waals surface area contributed by atoms with E-state index in [0.29, 0.717) is 0 Å². The first-order valence-corrected chi connectivity index (χ1v) is 7.14. The lowest BCUT2D eigenvalue weighted by molar-refractivity contribution is 0.303. The van der Waals surface area contributed by atoms with Crippen LogP contribution in [0.4, 0.5) is 0 Å². The molecule has 2 unspecified atom stereocenters. The highest BCUT2D eigenvalue weighted by molar-refractivity contribution is 4.74. The predicted molar refractivity (Wildman–Crippen MR) is 74.8 cm³/mol. The molecule has 0 aliphatic rings. The van der Waals surface area contributed by atoms with Gasteiger partial charge in [0.25, 0.3) is 0 Å². The highest BCUT2D eigenvalue weighted by Crippen LogP contribution is 2.20. The summed E-state index contributed by atoms with van der Waals surface area (Å²) in [5.41, 5.74) is 0.264. The molecule has 0 amide bonds. The van der Waals surface area contributed by atoms with E-state index in [1.165, 1.54) is 38.6 Å². The van der Waals surface area contributed by atoms with E-state index in [9.17, 15) is 0 Å². The zero-order valence-electron chi connectivity index (χ0n) is 12.4. The van der Waals surface area contributed by atoms with Gasteiger partial charge in [0.2, 0.25) is 0 Å². The van der Waals surface area contributed by atoms with Gasteiger partial charge >= 0.3 is 0 Å². The van der Waals surface area contributed by atoms with E-state index in [1.54, 1.807) is 0 Å². The third-order valence-corrected chi connectivity index (χ3v) is 3.14. The van der Waals surface area contributed by atoms with E-state index in [-0.39, 0.29) is 5.54 Å². The molecule has 1 nitrogen and oxygen atoms in total. The second-order valence-electron chi connectivity index (χ2n) is 6.42. The standard InChI is InChI=1S/C15H33N/c1-7-9-13(3)11-14(10-8-2)12-16-15(4,5)6/h13-14,16H,7-12H2,1-6H3. The van der Waals surface area contributed by atoms with Crippen LogP contribution in [0.1, 0.15) is 73.6 Å². The smallest absolute Gasteiger partial charge is 0.00966 e. The molecule has 0 aliphatic heterocycles. The summed E-state index contributed by atoms with van der Waals surface area (Å²) in [6.07, 6.45) is 6.79. The Bertz CT molecular complexity index is 157. The fourth-order valence-electron chi connectivity index (χ4n) is 2.34. The Labute approximate surface area is 103 Å². The molecule has 1 N–H and O–H groups in total. The third-order valence-electron chi connectivity index (χ3n) is 3.14. The Hall–Kier alpha value is -0.0400. The summed E-state index contributed by atoms with van der Waals surface area (Å²) in [6, 6.07) is 0. The fourth-order valence-corrected chi connectivity index (χ4v) is 2.34. The van der Waals surface area contributed by atoms with Gasteiger partial charge in [-0.2, -0.15) is 0 Å². The Kier molecular flexibility index (Phi) is 8.09. The summed E-state index contributed by atoms with van der Waals surface area (Å²) in [4.78, 5) is 0. The van der Waals surface area contributed by atoms with E-state index < -0.39 is 0 Å². The van der Waals surface area contributed by atoms with Gasteiger partial charge in [-0.05, 0) is 52.0 Å². The van der Waals surface area contributed by atoms with Crippen molar-refractivity contribution in [2.45, 2.75) is 79.2 Å². The van der Waals surface area contributed by atoms with Gasteiger partial charge in [0, 0.05) is 5.54 Å². The topological polar surface area (TPSA) is 12.0 Å². The van der Waals surface area contributed by atoms with E-state index >= 15 is 0 Å². The molecule has 0 heterocycles. The van der Waals surface area contributed by atoms with Gasteiger partial charge < -0.3 is 5.32 Å². The van der Waals surface area contributed by atoms with Gasteiger partial charge in [0.05, 0.1) is 0 Å². The number of rotatable bonds is 8. The van der Waals surface area contributed by atoms with E-state index in [0.717, 1.165) is 11.8 Å². The molecule has 0 saturated heterocycles. The van der Waals surface area contributed by atoms with Gasteiger partial charge in [0.1, 0.15) is 0 Å². The second-order valence-corrected chi connectivity index (χ2v) is 6.42. The molecule has 0 aromatic rings. The van der Waals surface area contributed by atoms with Crippen molar-refractivity contribution in [3.8, 4) is 0 Å². The summed E-state index contributed by atoms with van der Waals surface area (Å²) in [5, 5.41) is 3.65. The first-order valence-electron chi connectivity index (χ1n) is 7.14. The van der Waals surface area contributed by atoms with Gasteiger partial charge in [-0.25, -0.2) is 0 Å². The maximum Gasteiger partial charge on any atom is 0.00966 e. The van der Waals surface area contributed by atoms with Crippen LogP contribution >= 0.6 is 0 Å². The van der Waals surface area contributed by atoms with Crippen LogP contribution in [0.3, 0.4) is 0 Å². The molecule has 16 heavy (non-hydrogen) atoms. The molecule has 0 saturated carbocycles. The maximum absolute atomic E-state index is 3.65. The molecule has 98 valence electrons. The summed E-state index contributed by atoms with van der Waals surface area (Å²) in [7, 11) is 0. The van der Waals surface area contributed by atoms with Crippen molar-refractivity contribution in [3.63, 3.8) is 0 Å². The summed E-state index contributed by atoms with van der Waals surface area (Å²) >= 11 is 0. The van der Waals surface area contributed by atoms with Gasteiger partial charge in [-0.3, -0.25) is 0 Å². The molecule has 0 fully saturated rings. The fraction of sp³-hybridized carbons (Fsp3) is 1.00. The molecule has 0 aliphatic carbocycles. The monoisotopic (exact) mass is 227 g/mol. The molecule has 0 spiro atoms. The maximum atomic E-state index is 3.65. The van der Waals surface area contributed by atoms with Crippen molar-refractivity contribution < 1.29 is 0 Å². The third kappa shape index (κ3) is 9.21. The molecule has 1 heteroatoms. The van der Waals surface area contributed by atoms with Crippen molar-refractivity contribution in [1.29, 1.82) is 0 Å². The quantitative estimate of drug-likeness (QED) is 0.638. The minimum absolute atomic E-state index is 0.264. The van der Waals surface area contributed by atoms with Crippen molar-refractivity contribution in [1.82, 2.24) is 5.32 Å². The SMILES string of the molecule is CCCC(C)CC(CCC)CNC(C)(C)C. The molecular formula is C15H33N. The molecule has 0 aromatic carbocycles. The average Bonchev–Trinajstić information content (AvgIpc) is 2.14. The zero-order valence-corrected chi connectivity index (χ0v) is 12.4. The normalized spacial score (nSPS) is 16.1. The van der Waals surface area contributed by atoms with Crippen LogP contribution in [0.15, 0.2) is 0 Å². The molecule has 0 aromatic heterocycles. The average molecular weight is 227 g/mol. The number of nitrogens with one attached hydrogen (secondary N) is 1. The predicted octanol–water partition coefficient (Wildman–Crippen LogP) is 4.62. The Morgan fingerprint density at radius 2 is 1.56 bits per heavy atom. The Morgan fingerprint density at radius 3 is 2.00 bits per heavy atom. The highest BCUT2D eigenvalue weighted by Gasteiger charge is 2.15. The second kappa shape index (κ2) is 8.11. The van der Waals surface area contributed by atoms with Crippen LogP contribution in [0, 0.1) is 11.8 Å². The van der Waals surface area contributed by atoms with Gasteiger partial charge in [0.15, 0.2) is 0 Å².